The first kappa shape index (κ1) is 17.1. The van der Waals surface area contributed by atoms with Crippen LogP contribution in [0.1, 0.15) is 57.4 Å². The lowest BCUT2D eigenvalue weighted by Gasteiger charge is -2.25. The molecule has 0 N–H and O–H groups in total. The second kappa shape index (κ2) is 9.05. The molecule has 0 atom stereocenters. The van der Waals surface area contributed by atoms with E-state index in [-0.39, 0.29) is 5.82 Å². The van der Waals surface area contributed by atoms with Crippen molar-refractivity contribution in [2.75, 3.05) is 5.75 Å². The summed E-state index contributed by atoms with van der Waals surface area (Å²) in [5, 5.41) is 0.475. The highest BCUT2D eigenvalue weighted by Gasteiger charge is 2.17. The van der Waals surface area contributed by atoms with Gasteiger partial charge in [0.25, 0.3) is 0 Å². The van der Waals surface area contributed by atoms with Crippen LogP contribution < -0.4 is 0 Å². The number of unbranched alkanes of at least 4 members (excludes halogenated alkanes) is 1. The van der Waals surface area contributed by atoms with E-state index in [1.165, 1.54) is 51.0 Å². The third-order valence-electron chi connectivity index (χ3n) is 4.56. The zero-order valence-corrected chi connectivity index (χ0v) is 14.5. The van der Waals surface area contributed by atoms with Crippen molar-refractivity contribution in [3.63, 3.8) is 0 Å². The van der Waals surface area contributed by atoms with Gasteiger partial charge in [0.2, 0.25) is 0 Å². The standard InChI is InChI=1S/C18H26ClFS/c1-14-5-7-15(8-6-14)4-2-3-11-21-13-16-9-10-17(19)12-18(16)20/h9-10,12,14-15H,2-8,11,13H2,1H3. The molecule has 0 bridgehead atoms. The lowest BCUT2D eigenvalue weighted by Crippen LogP contribution is -2.12. The average Bonchev–Trinajstić information content (AvgIpc) is 2.46. The number of rotatable bonds is 7. The van der Waals surface area contributed by atoms with Crippen molar-refractivity contribution in [3.05, 3.63) is 34.6 Å². The molecular weight excluding hydrogens is 303 g/mol. The summed E-state index contributed by atoms with van der Waals surface area (Å²) in [6.07, 6.45) is 9.70. The highest BCUT2D eigenvalue weighted by atomic mass is 35.5. The monoisotopic (exact) mass is 328 g/mol. The molecule has 1 aliphatic rings. The number of thioether (sulfide) groups is 1. The molecule has 1 fully saturated rings. The van der Waals surface area contributed by atoms with Crippen LogP contribution in [0.4, 0.5) is 4.39 Å². The molecule has 0 aliphatic heterocycles. The molecule has 0 amide bonds. The van der Waals surface area contributed by atoms with Gasteiger partial charge < -0.3 is 0 Å². The Hall–Kier alpha value is -0.210. The fourth-order valence-electron chi connectivity index (χ4n) is 3.08. The van der Waals surface area contributed by atoms with Crippen LogP contribution in [0.5, 0.6) is 0 Å². The molecule has 2 rings (SSSR count). The zero-order chi connectivity index (χ0) is 15.1. The molecule has 0 radical (unpaired) electrons. The Bertz CT molecular complexity index is 427. The fraction of sp³-hybridized carbons (Fsp3) is 0.667. The third kappa shape index (κ3) is 6.20. The zero-order valence-electron chi connectivity index (χ0n) is 12.9. The van der Waals surface area contributed by atoms with Crippen molar-refractivity contribution in [1.82, 2.24) is 0 Å². The Morgan fingerprint density at radius 3 is 2.67 bits per heavy atom. The van der Waals surface area contributed by atoms with Crippen LogP contribution in [-0.2, 0) is 5.75 Å². The van der Waals surface area contributed by atoms with Crippen molar-refractivity contribution < 1.29 is 4.39 Å². The van der Waals surface area contributed by atoms with Crippen LogP contribution in [0, 0.1) is 17.7 Å². The van der Waals surface area contributed by atoms with E-state index in [1.54, 1.807) is 12.1 Å². The molecular formula is C18H26ClFS. The minimum absolute atomic E-state index is 0.175. The summed E-state index contributed by atoms with van der Waals surface area (Å²) in [6.45, 7) is 2.38. The van der Waals surface area contributed by atoms with Crippen LogP contribution in [0.25, 0.3) is 0 Å². The predicted octanol–water partition coefficient (Wildman–Crippen LogP) is 6.71. The van der Waals surface area contributed by atoms with E-state index in [0.29, 0.717) is 5.02 Å². The van der Waals surface area contributed by atoms with Gasteiger partial charge in [-0.05, 0) is 41.7 Å². The quantitative estimate of drug-likeness (QED) is 0.501. The highest BCUT2D eigenvalue weighted by molar-refractivity contribution is 7.98. The van der Waals surface area contributed by atoms with Crippen molar-refractivity contribution in [2.45, 2.75) is 57.6 Å². The van der Waals surface area contributed by atoms with Gasteiger partial charge in [0.15, 0.2) is 0 Å². The van der Waals surface area contributed by atoms with E-state index < -0.39 is 0 Å². The van der Waals surface area contributed by atoms with E-state index >= 15 is 0 Å². The molecule has 0 saturated heterocycles. The van der Waals surface area contributed by atoms with Gasteiger partial charge in [0.1, 0.15) is 5.82 Å². The minimum atomic E-state index is -0.175. The SMILES string of the molecule is CC1CCC(CCCCSCc2ccc(Cl)cc2F)CC1. The molecule has 0 aromatic heterocycles. The first-order valence-corrected chi connectivity index (χ1v) is 9.70. The van der Waals surface area contributed by atoms with Gasteiger partial charge in [0.05, 0.1) is 0 Å². The summed E-state index contributed by atoms with van der Waals surface area (Å²) in [5.74, 6) is 3.63. The number of halogens is 2. The summed E-state index contributed by atoms with van der Waals surface area (Å²) in [7, 11) is 0. The van der Waals surface area contributed by atoms with Gasteiger partial charge in [0, 0.05) is 10.8 Å². The third-order valence-corrected chi connectivity index (χ3v) is 5.89. The molecule has 1 aromatic rings. The molecule has 0 heterocycles. The maximum absolute atomic E-state index is 13.6. The molecule has 1 aliphatic carbocycles. The van der Waals surface area contributed by atoms with Crippen LogP contribution in [0.3, 0.4) is 0 Å². The highest BCUT2D eigenvalue weighted by Crippen LogP contribution is 2.31. The molecule has 118 valence electrons. The first-order valence-electron chi connectivity index (χ1n) is 8.17. The van der Waals surface area contributed by atoms with Crippen LogP contribution in [0.2, 0.25) is 5.02 Å². The Balaban J connectivity index is 1.54. The number of hydrogen-bond donors (Lipinski definition) is 0. The fourth-order valence-corrected chi connectivity index (χ4v) is 4.24. The Kier molecular flexibility index (Phi) is 7.39. The molecule has 1 aromatic carbocycles. The van der Waals surface area contributed by atoms with Gasteiger partial charge in [-0.25, -0.2) is 4.39 Å². The van der Waals surface area contributed by atoms with Crippen molar-refractivity contribution in [3.8, 4) is 0 Å². The second-order valence-corrected chi connectivity index (χ2v) is 7.95. The van der Waals surface area contributed by atoms with Crippen molar-refractivity contribution in [2.24, 2.45) is 11.8 Å². The molecule has 1 saturated carbocycles. The largest absolute Gasteiger partial charge is 0.207 e. The summed E-state index contributed by atoms with van der Waals surface area (Å²) in [6, 6.07) is 4.97. The van der Waals surface area contributed by atoms with Gasteiger partial charge in [-0.1, -0.05) is 63.1 Å². The Morgan fingerprint density at radius 1 is 1.19 bits per heavy atom. The lowest BCUT2D eigenvalue weighted by atomic mass is 9.81. The van der Waals surface area contributed by atoms with Crippen molar-refractivity contribution >= 4 is 23.4 Å². The number of hydrogen-bond acceptors (Lipinski definition) is 1. The number of benzene rings is 1. The molecule has 3 heteroatoms. The van der Waals surface area contributed by atoms with Crippen molar-refractivity contribution in [1.29, 1.82) is 0 Å². The van der Waals surface area contributed by atoms with E-state index in [2.05, 4.69) is 6.92 Å². The molecule has 0 unspecified atom stereocenters. The smallest absolute Gasteiger partial charge is 0.128 e. The Morgan fingerprint density at radius 2 is 1.95 bits per heavy atom. The van der Waals surface area contributed by atoms with Gasteiger partial charge >= 0.3 is 0 Å². The van der Waals surface area contributed by atoms with Gasteiger partial charge in [-0.3, -0.25) is 0 Å². The average molecular weight is 329 g/mol. The topological polar surface area (TPSA) is 0 Å². The van der Waals surface area contributed by atoms with Crippen LogP contribution in [-0.4, -0.2) is 5.75 Å². The second-order valence-electron chi connectivity index (χ2n) is 6.41. The first-order chi connectivity index (χ1) is 10.1. The summed E-state index contributed by atoms with van der Waals surface area (Å²) in [5.41, 5.74) is 0.769. The van der Waals surface area contributed by atoms with Gasteiger partial charge in [-0.15, -0.1) is 0 Å². The molecule has 0 spiro atoms. The van der Waals surface area contributed by atoms with E-state index in [4.69, 9.17) is 11.6 Å². The summed E-state index contributed by atoms with van der Waals surface area (Å²) >= 11 is 7.59. The van der Waals surface area contributed by atoms with Crippen LogP contribution in [0.15, 0.2) is 18.2 Å². The Labute approximate surface area is 137 Å². The van der Waals surface area contributed by atoms with E-state index in [0.717, 1.165) is 28.9 Å². The van der Waals surface area contributed by atoms with E-state index in [1.807, 2.05) is 11.8 Å². The molecule has 21 heavy (non-hydrogen) atoms. The predicted molar refractivity (Wildman–Crippen MR) is 92.5 cm³/mol. The summed E-state index contributed by atoms with van der Waals surface area (Å²) < 4.78 is 13.6. The maximum atomic E-state index is 13.6. The normalized spacial score (nSPS) is 22.4. The van der Waals surface area contributed by atoms with E-state index in [9.17, 15) is 4.39 Å². The molecule has 0 nitrogen and oxygen atoms in total. The minimum Gasteiger partial charge on any atom is -0.207 e. The maximum Gasteiger partial charge on any atom is 0.128 e. The van der Waals surface area contributed by atoms with Crippen LogP contribution >= 0.6 is 23.4 Å². The lowest BCUT2D eigenvalue weighted by molar-refractivity contribution is 0.273. The van der Waals surface area contributed by atoms with Gasteiger partial charge in [-0.2, -0.15) is 11.8 Å². The summed E-state index contributed by atoms with van der Waals surface area (Å²) in [4.78, 5) is 0.